The highest BCUT2D eigenvalue weighted by atomic mass is 32.2. The summed E-state index contributed by atoms with van der Waals surface area (Å²) < 4.78 is 0. The molecule has 0 unspecified atom stereocenters. The van der Waals surface area contributed by atoms with E-state index in [1.54, 1.807) is 0 Å². The number of allylic oxidation sites excluding steroid dienone is 1. The number of carbonyl (C=O) groups is 2. The Hall–Kier alpha value is -2.06. The number of aryl methyl sites for hydroxylation is 2. The minimum Gasteiger partial charge on any atom is -0.318 e. The SMILES string of the molecule is CC(=O)/C(C#N)=C1\NC(=O)[C@@H](Cc2ccc(C)c(C)c2)S1. The van der Waals surface area contributed by atoms with E-state index in [2.05, 4.69) is 11.4 Å². The number of nitriles is 1. The lowest BCUT2D eigenvalue weighted by atomic mass is 10.0. The Bertz CT molecular complexity index is 686. The molecule has 1 aromatic carbocycles. The van der Waals surface area contributed by atoms with Gasteiger partial charge < -0.3 is 5.32 Å². The lowest BCUT2D eigenvalue weighted by Crippen LogP contribution is -2.24. The van der Waals surface area contributed by atoms with E-state index in [1.807, 2.05) is 32.0 Å². The van der Waals surface area contributed by atoms with Crippen LogP contribution >= 0.6 is 11.8 Å². The van der Waals surface area contributed by atoms with Crippen LogP contribution in [0.5, 0.6) is 0 Å². The average Bonchev–Trinajstić information content (AvgIpc) is 2.75. The van der Waals surface area contributed by atoms with Crippen molar-refractivity contribution in [2.24, 2.45) is 0 Å². The number of hydrogen-bond donors (Lipinski definition) is 1. The summed E-state index contributed by atoms with van der Waals surface area (Å²) in [5, 5.41) is 11.7. The summed E-state index contributed by atoms with van der Waals surface area (Å²) in [5.74, 6) is -0.477. The molecule has 2 rings (SSSR count). The second kappa shape index (κ2) is 6.15. The molecule has 0 aromatic heterocycles. The highest BCUT2D eigenvalue weighted by molar-refractivity contribution is 8.04. The van der Waals surface area contributed by atoms with Gasteiger partial charge >= 0.3 is 0 Å². The van der Waals surface area contributed by atoms with Crippen LogP contribution in [0, 0.1) is 25.2 Å². The van der Waals surface area contributed by atoms with Gasteiger partial charge in [0.15, 0.2) is 5.78 Å². The molecular weight excluding hydrogens is 284 g/mol. The quantitative estimate of drug-likeness (QED) is 0.687. The monoisotopic (exact) mass is 300 g/mol. The van der Waals surface area contributed by atoms with E-state index < -0.39 is 0 Å². The van der Waals surface area contributed by atoms with Gasteiger partial charge in [-0.05, 0) is 43.9 Å². The molecule has 1 heterocycles. The largest absolute Gasteiger partial charge is 0.318 e. The Morgan fingerprint density at radius 3 is 2.67 bits per heavy atom. The third kappa shape index (κ3) is 3.34. The molecule has 1 atom stereocenters. The molecule has 21 heavy (non-hydrogen) atoms. The van der Waals surface area contributed by atoms with Crippen molar-refractivity contribution < 1.29 is 9.59 Å². The first-order valence-corrected chi connectivity index (χ1v) is 7.49. The van der Waals surface area contributed by atoms with Crippen molar-refractivity contribution in [2.75, 3.05) is 0 Å². The predicted molar refractivity (Wildman–Crippen MR) is 82.5 cm³/mol. The third-order valence-corrected chi connectivity index (χ3v) is 4.68. The maximum atomic E-state index is 12.0. The normalized spacial score (nSPS) is 19.9. The van der Waals surface area contributed by atoms with Crippen molar-refractivity contribution in [1.29, 1.82) is 5.26 Å². The van der Waals surface area contributed by atoms with Crippen LogP contribution in [0.4, 0.5) is 0 Å². The van der Waals surface area contributed by atoms with Gasteiger partial charge in [0, 0.05) is 0 Å². The highest BCUT2D eigenvalue weighted by Gasteiger charge is 2.32. The summed E-state index contributed by atoms with van der Waals surface area (Å²) in [5.41, 5.74) is 3.50. The van der Waals surface area contributed by atoms with E-state index in [1.165, 1.54) is 29.8 Å². The molecule has 0 bridgehead atoms. The van der Waals surface area contributed by atoms with Crippen LogP contribution in [0.3, 0.4) is 0 Å². The van der Waals surface area contributed by atoms with Crippen LogP contribution in [0.2, 0.25) is 0 Å². The van der Waals surface area contributed by atoms with Crippen molar-refractivity contribution in [3.63, 3.8) is 0 Å². The summed E-state index contributed by atoms with van der Waals surface area (Å²) in [6, 6.07) is 7.97. The van der Waals surface area contributed by atoms with Crippen molar-refractivity contribution in [2.45, 2.75) is 32.4 Å². The Labute approximate surface area is 128 Å². The van der Waals surface area contributed by atoms with Gasteiger partial charge in [-0.2, -0.15) is 5.26 Å². The number of nitrogens with zero attached hydrogens (tertiary/aromatic N) is 1. The van der Waals surface area contributed by atoms with Gasteiger partial charge in [-0.1, -0.05) is 30.0 Å². The summed E-state index contributed by atoms with van der Waals surface area (Å²) in [6.07, 6.45) is 0.581. The minimum absolute atomic E-state index is 0.0240. The van der Waals surface area contributed by atoms with Crippen LogP contribution in [0.25, 0.3) is 0 Å². The minimum atomic E-state index is -0.327. The number of rotatable bonds is 3. The van der Waals surface area contributed by atoms with Crippen LogP contribution in [0.1, 0.15) is 23.6 Å². The molecule has 4 nitrogen and oxygen atoms in total. The van der Waals surface area contributed by atoms with Crippen molar-refractivity contribution >= 4 is 23.5 Å². The Morgan fingerprint density at radius 1 is 1.38 bits per heavy atom. The van der Waals surface area contributed by atoms with Gasteiger partial charge in [0.25, 0.3) is 0 Å². The Balaban J connectivity index is 2.20. The van der Waals surface area contributed by atoms with Gasteiger partial charge in [0.05, 0.1) is 10.3 Å². The Morgan fingerprint density at radius 2 is 2.10 bits per heavy atom. The number of benzene rings is 1. The van der Waals surface area contributed by atoms with Gasteiger partial charge in [-0.15, -0.1) is 0 Å². The molecule has 0 aliphatic carbocycles. The summed E-state index contributed by atoms with van der Waals surface area (Å²) in [6.45, 7) is 5.41. The molecule has 1 saturated heterocycles. The fourth-order valence-corrected chi connectivity index (χ4v) is 3.30. The molecule has 1 aromatic rings. The first-order valence-electron chi connectivity index (χ1n) is 6.61. The molecule has 1 fully saturated rings. The first kappa shape index (κ1) is 15.3. The number of ketones is 1. The molecule has 0 radical (unpaired) electrons. The van der Waals surface area contributed by atoms with E-state index in [-0.39, 0.29) is 22.5 Å². The molecule has 1 aliphatic rings. The number of hydrogen-bond acceptors (Lipinski definition) is 4. The molecule has 0 spiro atoms. The number of nitrogens with one attached hydrogen (secondary N) is 1. The van der Waals surface area contributed by atoms with Crippen molar-refractivity contribution in [3.8, 4) is 6.07 Å². The van der Waals surface area contributed by atoms with E-state index >= 15 is 0 Å². The van der Waals surface area contributed by atoms with Crippen molar-refractivity contribution in [3.05, 3.63) is 45.5 Å². The smallest absolute Gasteiger partial charge is 0.238 e. The van der Waals surface area contributed by atoms with Crippen LogP contribution in [0.15, 0.2) is 28.8 Å². The summed E-state index contributed by atoms with van der Waals surface area (Å²) in [4.78, 5) is 23.4. The molecule has 1 amide bonds. The van der Waals surface area contributed by atoms with Gasteiger partial charge in [-0.3, -0.25) is 9.59 Å². The summed E-state index contributed by atoms with van der Waals surface area (Å²) in [7, 11) is 0. The fraction of sp³-hybridized carbons (Fsp3) is 0.312. The summed E-state index contributed by atoms with van der Waals surface area (Å²) >= 11 is 1.26. The average molecular weight is 300 g/mol. The molecule has 1 N–H and O–H groups in total. The number of amides is 1. The molecule has 5 heteroatoms. The first-order chi connectivity index (χ1) is 9.92. The maximum Gasteiger partial charge on any atom is 0.238 e. The van der Waals surface area contributed by atoms with E-state index in [4.69, 9.17) is 5.26 Å². The number of thioether (sulfide) groups is 1. The third-order valence-electron chi connectivity index (χ3n) is 3.47. The van der Waals surface area contributed by atoms with Crippen LogP contribution < -0.4 is 5.32 Å². The molecule has 1 aliphatic heterocycles. The van der Waals surface area contributed by atoms with E-state index in [0.29, 0.717) is 11.4 Å². The van der Waals surface area contributed by atoms with Crippen LogP contribution in [-0.2, 0) is 16.0 Å². The standard InChI is InChI=1S/C16H16N2O2S/c1-9-4-5-12(6-10(9)2)7-14-15(20)18-16(21-14)13(8-17)11(3)19/h4-6,14H,7H2,1-3H3,(H,18,20)/b16-13+/t14-/m1/s1. The second-order valence-electron chi connectivity index (χ2n) is 5.09. The molecule has 108 valence electrons. The second-order valence-corrected chi connectivity index (χ2v) is 6.30. The lowest BCUT2D eigenvalue weighted by Gasteiger charge is -2.08. The van der Waals surface area contributed by atoms with E-state index in [9.17, 15) is 9.59 Å². The zero-order valence-electron chi connectivity index (χ0n) is 12.2. The van der Waals surface area contributed by atoms with Crippen LogP contribution in [-0.4, -0.2) is 16.9 Å². The molecular formula is C16H16N2O2S. The highest BCUT2D eigenvalue weighted by Crippen LogP contribution is 2.32. The number of carbonyl (C=O) groups excluding carboxylic acids is 2. The van der Waals surface area contributed by atoms with Crippen molar-refractivity contribution in [1.82, 2.24) is 5.32 Å². The molecule has 0 saturated carbocycles. The number of Topliss-reactive ketones (excluding diaryl/α,β-unsaturated/α-hetero) is 1. The Kier molecular flexibility index (Phi) is 4.49. The predicted octanol–water partition coefficient (Wildman–Crippen LogP) is 2.40. The maximum absolute atomic E-state index is 12.0. The van der Waals surface area contributed by atoms with E-state index in [0.717, 1.165) is 5.56 Å². The fourth-order valence-electron chi connectivity index (χ4n) is 2.11. The lowest BCUT2D eigenvalue weighted by molar-refractivity contribution is -0.119. The van der Waals surface area contributed by atoms with Gasteiger partial charge in [0.1, 0.15) is 11.6 Å². The zero-order chi connectivity index (χ0) is 15.6. The van der Waals surface area contributed by atoms with Gasteiger partial charge in [0.2, 0.25) is 5.91 Å². The topological polar surface area (TPSA) is 70.0 Å². The zero-order valence-corrected chi connectivity index (χ0v) is 13.0. The van der Waals surface area contributed by atoms with Gasteiger partial charge in [-0.25, -0.2) is 0 Å².